The minimum absolute atomic E-state index is 0.490. The van der Waals surface area contributed by atoms with Crippen molar-refractivity contribution >= 4 is 23.1 Å². The number of benzene rings is 1. The number of para-hydroxylation sites is 2. The third kappa shape index (κ3) is 3.26. The molecule has 0 aliphatic carbocycles. The van der Waals surface area contributed by atoms with Gasteiger partial charge in [0.15, 0.2) is 5.82 Å². The Hall–Kier alpha value is -2.72. The van der Waals surface area contributed by atoms with Crippen LogP contribution < -0.4 is 4.74 Å². The minimum Gasteiger partial charge on any atom is -0.494 e. The van der Waals surface area contributed by atoms with Gasteiger partial charge in [-0.3, -0.25) is 0 Å². The second-order valence-electron chi connectivity index (χ2n) is 4.83. The van der Waals surface area contributed by atoms with Crippen molar-refractivity contribution in [2.75, 3.05) is 7.11 Å². The van der Waals surface area contributed by atoms with E-state index < -0.39 is 0 Å². The van der Waals surface area contributed by atoms with Crippen molar-refractivity contribution in [3.05, 3.63) is 47.6 Å². The van der Waals surface area contributed by atoms with Crippen LogP contribution in [-0.4, -0.2) is 37.5 Å². The van der Waals surface area contributed by atoms with Crippen LogP contribution in [0.5, 0.6) is 5.75 Å². The molecule has 0 saturated heterocycles. The highest BCUT2D eigenvalue weighted by atomic mass is 32.2. The number of thiophene rings is 1. The molecule has 0 N–H and O–H groups in total. The molecule has 1 aromatic carbocycles. The third-order valence-corrected chi connectivity index (χ3v) is 5.06. The maximum Gasteiger partial charge on any atom is 0.268 e. The maximum absolute atomic E-state index is 5.37. The first-order valence-electron chi connectivity index (χ1n) is 7.26. The van der Waals surface area contributed by atoms with Gasteiger partial charge in [-0.1, -0.05) is 35.1 Å². The summed E-state index contributed by atoms with van der Waals surface area (Å²) in [6, 6.07) is 11.4. The first-order valence-corrected chi connectivity index (χ1v) is 9.12. The second-order valence-corrected chi connectivity index (χ2v) is 6.72. The van der Waals surface area contributed by atoms with Crippen LogP contribution in [0.1, 0.15) is 5.82 Å². The monoisotopic (exact) mass is 372 g/mol. The molecule has 3 aromatic heterocycles. The van der Waals surface area contributed by atoms with Crippen molar-refractivity contribution in [3.63, 3.8) is 0 Å². The van der Waals surface area contributed by atoms with Gasteiger partial charge in [0.25, 0.3) is 5.89 Å². The molecule has 126 valence electrons. The Balaban J connectivity index is 1.52. The fourth-order valence-corrected chi connectivity index (χ4v) is 3.54. The number of ether oxygens (including phenoxy) is 1. The zero-order chi connectivity index (χ0) is 17.1. The Labute approximate surface area is 150 Å². The normalized spacial score (nSPS) is 10.9. The molecule has 4 rings (SSSR count). The van der Waals surface area contributed by atoms with Crippen molar-refractivity contribution in [1.82, 2.24) is 30.3 Å². The molecule has 0 radical (unpaired) electrons. The van der Waals surface area contributed by atoms with Gasteiger partial charge in [0, 0.05) is 0 Å². The number of nitrogens with zero attached hydrogens (tertiary/aromatic N) is 6. The zero-order valence-electron chi connectivity index (χ0n) is 13.1. The fraction of sp³-hybridized carbons (Fsp3) is 0.133. The highest BCUT2D eigenvalue weighted by Crippen LogP contribution is 2.28. The van der Waals surface area contributed by atoms with E-state index in [4.69, 9.17) is 9.26 Å². The Morgan fingerprint density at radius 1 is 1.24 bits per heavy atom. The van der Waals surface area contributed by atoms with E-state index in [2.05, 4.69) is 25.7 Å². The first-order chi connectivity index (χ1) is 12.3. The lowest BCUT2D eigenvalue weighted by Gasteiger charge is -2.08. The van der Waals surface area contributed by atoms with Crippen molar-refractivity contribution in [3.8, 4) is 22.2 Å². The summed E-state index contributed by atoms with van der Waals surface area (Å²) in [6.45, 7) is 0. The van der Waals surface area contributed by atoms with Gasteiger partial charge in [-0.15, -0.1) is 16.4 Å². The molecule has 0 unspecified atom stereocenters. The summed E-state index contributed by atoms with van der Waals surface area (Å²) in [7, 11) is 1.61. The summed E-state index contributed by atoms with van der Waals surface area (Å²) < 4.78 is 12.3. The van der Waals surface area contributed by atoms with Gasteiger partial charge >= 0.3 is 0 Å². The second kappa shape index (κ2) is 7.03. The van der Waals surface area contributed by atoms with E-state index >= 15 is 0 Å². The summed E-state index contributed by atoms with van der Waals surface area (Å²) in [5, 5.41) is 18.5. The van der Waals surface area contributed by atoms with Crippen LogP contribution in [-0.2, 0) is 5.75 Å². The Bertz CT molecular complexity index is 966. The largest absolute Gasteiger partial charge is 0.494 e. The molecule has 0 aliphatic rings. The van der Waals surface area contributed by atoms with Crippen LogP contribution in [0, 0.1) is 0 Å². The molecule has 0 amide bonds. The van der Waals surface area contributed by atoms with Gasteiger partial charge in [0.05, 0.1) is 17.7 Å². The van der Waals surface area contributed by atoms with E-state index in [1.807, 2.05) is 41.8 Å². The lowest BCUT2D eigenvalue weighted by atomic mass is 10.3. The van der Waals surface area contributed by atoms with Crippen LogP contribution in [0.2, 0.25) is 0 Å². The van der Waals surface area contributed by atoms with E-state index in [1.54, 1.807) is 23.1 Å². The van der Waals surface area contributed by atoms with Crippen molar-refractivity contribution in [1.29, 1.82) is 0 Å². The van der Waals surface area contributed by atoms with Crippen molar-refractivity contribution < 1.29 is 9.26 Å². The van der Waals surface area contributed by atoms with E-state index in [-0.39, 0.29) is 0 Å². The van der Waals surface area contributed by atoms with Crippen LogP contribution in [0.25, 0.3) is 16.5 Å². The summed E-state index contributed by atoms with van der Waals surface area (Å²) in [4.78, 5) is 5.34. The number of rotatable bonds is 6. The molecule has 10 heteroatoms. The highest BCUT2D eigenvalue weighted by Gasteiger charge is 2.15. The average Bonchev–Trinajstić information content (AvgIpc) is 3.40. The standard InChI is InChI=1S/C15H12N6O2S2/c1-22-11-6-3-2-5-10(11)21-15(17-19-20-21)25-9-13-16-14(23-18-13)12-7-4-8-24-12/h2-8H,9H2,1H3. The molecule has 4 aromatic rings. The van der Waals surface area contributed by atoms with E-state index in [0.29, 0.717) is 28.4 Å². The van der Waals surface area contributed by atoms with Gasteiger partial charge in [-0.2, -0.15) is 9.67 Å². The minimum atomic E-state index is 0.490. The van der Waals surface area contributed by atoms with Gasteiger partial charge in [-0.05, 0) is 34.0 Å². The SMILES string of the molecule is COc1ccccc1-n1nnnc1SCc1noc(-c2cccs2)n1. The Kier molecular flexibility index (Phi) is 4.44. The molecule has 0 atom stereocenters. The number of tetrazole rings is 1. The fourth-order valence-electron chi connectivity index (χ4n) is 2.17. The molecule has 0 spiro atoms. The van der Waals surface area contributed by atoms with Crippen LogP contribution >= 0.6 is 23.1 Å². The molecule has 0 aliphatic heterocycles. The molecule has 25 heavy (non-hydrogen) atoms. The van der Waals surface area contributed by atoms with Gasteiger partial charge in [-0.25, -0.2) is 0 Å². The summed E-state index contributed by atoms with van der Waals surface area (Å²) in [6.07, 6.45) is 0. The van der Waals surface area contributed by atoms with Crippen LogP contribution in [0.3, 0.4) is 0 Å². The number of methoxy groups -OCH3 is 1. The summed E-state index contributed by atoms with van der Waals surface area (Å²) in [5.41, 5.74) is 0.768. The van der Waals surface area contributed by atoms with E-state index in [9.17, 15) is 0 Å². The molecular formula is C15H12N6O2S2. The first kappa shape index (κ1) is 15.8. The molecule has 0 saturated carbocycles. The number of hydrogen-bond acceptors (Lipinski definition) is 9. The Morgan fingerprint density at radius 3 is 3.00 bits per heavy atom. The smallest absolute Gasteiger partial charge is 0.268 e. The number of hydrogen-bond donors (Lipinski definition) is 0. The van der Waals surface area contributed by atoms with Crippen LogP contribution in [0.4, 0.5) is 0 Å². The molecule has 0 fully saturated rings. The van der Waals surface area contributed by atoms with E-state index in [1.165, 1.54) is 11.8 Å². The number of thioether (sulfide) groups is 1. The summed E-state index contributed by atoms with van der Waals surface area (Å²) >= 11 is 2.98. The van der Waals surface area contributed by atoms with Crippen LogP contribution in [0.15, 0.2) is 51.5 Å². The van der Waals surface area contributed by atoms with Gasteiger partial charge in [0.2, 0.25) is 5.16 Å². The lowest BCUT2D eigenvalue weighted by Crippen LogP contribution is -2.02. The average molecular weight is 372 g/mol. The molecule has 8 nitrogen and oxygen atoms in total. The van der Waals surface area contributed by atoms with E-state index in [0.717, 1.165) is 10.6 Å². The van der Waals surface area contributed by atoms with Gasteiger partial charge in [0.1, 0.15) is 11.4 Å². The zero-order valence-corrected chi connectivity index (χ0v) is 14.7. The lowest BCUT2D eigenvalue weighted by molar-refractivity contribution is 0.410. The predicted octanol–water partition coefficient (Wildman–Crippen LogP) is 3.07. The quantitative estimate of drug-likeness (QED) is 0.477. The highest BCUT2D eigenvalue weighted by molar-refractivity contribution is 7.98. The Morgan fingerprint density at radius 2 is 2.16 bits per heavy atom. The maximum atomic E-state index is 5.37. The number of aromatic nitrogens is 6. The molecule has 3 heterocycles. The molecule has 0 bridgehead atoms. The third-order valence-electron chi connectivity index (χ3n) is 3.28. The van der Waals surface area contributed by atoms with Gasteiger partial charge < -0.3 is 9.26 Å². The summed E-state index contributed by atoms with van der Waals surface area (Å²) in [5.74, 6) is 2.29. The molecular weight excluding hydrogens is 360 g/mol. The van der Waals surface area contributed by atoms with Crippen molar-refractivity contribution in [2.45, 2.75) is 10.9 Å². The topological polar surface area (TPSA) is 91.8 Å². The van der Waals surface area contributed by atoms with Crippen molar-refractivity contribution in [2.24, 2.45) is 0 Å². The predicted molar refractivity (Wildman–Crippen MR) is 92.9 cm³/mol.